The summed E-state index contributed by atoms with van der Waals surface area (Å²) in [6, 6.07) is 6.46. The number of aliphatic hydroxyl groups is 1. The Kier molecular flexibility index (Phi) is 6.47. The zero-order valence-corrected chi connectivity index (χ0v) is 20.0. The molecule has 1 aliphatic heterocycles. The molecule has 0 aliphatic carbocycles. The molecular formula is C24H29F3N8O. The number of fused-ring (bicyclic) bond motifs is 2. The maximum Gasteiger partial charge on any atom is 0.433 e. The van der Waals surface area contributed by atoms with Crippen LogP contribution in [-0.4, -0.2) is 54.8 Å². The Balaban J connectivity index is 1.46. The fourth-order valence-electron chi connectivity index (χ4n) is 4.62. The first-order valence-corrected chi connectivity index (χ1v) is 12.0. The highest BCUT2D eigenvalue weighted by molar-refractivity contribution is 5.61. The number of aliphatic hydroxyl groups excluding tert-OH is 1. The van der Waals surface area contributed by atoms with E-state index in [0.29, 0.717) is 30.4 Å². The Morgan fingerprint density at radius 2 is 2.06 bits per heavy atom. The highest BCUT2D eigenvalue weighted by atomic mass is 19.4. The van der Waals surface area contributed by atoms with E-state index >= 15 is 0 Å². The van der Waals surface area contributed by atoms with E-state index in [1.54, 1.807) is 35.0 Å². The van der Waals surface area contributed by atoms with Crippen molar-refractivity contribution in [3.8, 4) is 0 Å². The van der Waals surface area contributed by atoms with Crippen LogP contribution in [0.15, 0.2) is 36.7 Å². The number of β-amino-alcohol motifs (C(OH)–C–C–N with tert-alkyl or cyclic N) is 1. The van der Waals surface area contributed by atoms with Gasteiger partial charge in [-0.2, -0.15) is 22.8 Å². The molecule has 1 fully saturated rings. The lowest BCUT2D eigenvalue weighted by molar-refractivity contribution is -0.142. The second kappa shape index (κ2) is 9.58. The third-order valence-corrected chi connectivity index (χ3v) is 6.56. The third-order valence-electron chi connectivity index (χ3n) is 6.56. The smallest absolute Gasteiger partial charge is 0.391 e. The lowest BCUT2D eigenvalue weighted by Crippen LogP contribution is -2.43. The molecular weight excluding hydrogens is 473 g/mol. The molecule has 1 aliphatic rings. The molecule has 192 valence electrons. The minimum absolute atomic E-state index is 0.0717. The molecule has 0 bridgehead atoms. The lowest BCUT2D eigenvalue weighted by atomic mass is 9.95. The molecule has 36 heavy (non-hydrogen) atoms. The van der Waals surface area contributed by atoms with Gasteiger partial charge in [-0.1, -0.05) is 19.9 Å². The number of nitrogens with zero attached hydrogens (tertiary/aromatic N) is 5. The Labute approximate surface area is 205 Å². The minimum Gasteiger partial charge on any atom is -0.391 e. The summed E-state index contributed by atoms with van der Waals surface area (Å²) in [7, 11) is 0. The van der Waals surface area contributed by atoms with Crippen LogP contribution in [0.1, 0.15) is 43.1 Å². The molecule has 5 heterocycles. The molecule has 0 saturated carbocycles. The average Bonchev–Trinajstić information content (AvgIpc) is 3.43. The van der Waals surface area contributed by atoms with Crippen LogP contribution in [-0.2, 0) is 12.7 Å². The monoisotopic (exact) mass is 502 g/mol. The van der Waals surface area contributed by atoms with E-state index in [0.717, 1.165) is 22.9 Å². The summed E-state index contributed by atoms with van der Waals surface area (Å²) in [5, 5.41) is 24.3. The number of alkyl halides is 3. The topological polar surface area (TPSA) is 104 Å². The van der Waals surface area contributed by atoms with Gasteiger partial charge in [0, 0.05) is 36.8 Å². The maximum atomic E-state index is 13.9. The van der Waals surface area contributed by atoms with Crippen LogP contribution in [0.4, 0.5) is 24.8 Å². The molecule has 0 radical (unpaired) electrons. The van der Waals surface area contributed by atoms with Crippen LogP contribution >= 0.6 is 0 Å². The van der Waals surface area contributed by atoms with Crippen molar-refractivity contribution in [1.82, 2.24) is 29.3 Å². The number of anilines is 2. The molecule has 0 aromatic carbocycles. The summed E-state index contributed by atoms with van der Waals surface area (Å²) in [6.45, 7) is 5.82. The number of pyridine rings is 1. The standard InChI is InChI=1S/C24H29F3N8O/c1-14(2)16-11-31-35-21(9-19(33-23(16)35)29-10-15-6-7-28-13-18(15)36)30-12-17-22(24(25,26)27)34-8-4-3-5-20(34)32-17/h3-5,8-9,11,14-15,18,28,30,36H,6-7,10,12-13H2,1-2H3,(H,29,33)/t15-,18+/m1/s1. The van der Waals surface area contributed by atoms with Crippen molar-refractivity contribution in [3.63, 3.8) is 0 Å². The molecule has 1 saturated heterocycles. The zero-order chi connectivity index (χ0) is 25.4. The molecule has 4 aromatic rings. The van der Waals surface area contributed by atoms with Crippen LogP contribution in [0.25, 0.3) is 11.3 Å². The highest BCUT2D eigenvalue weighted by Crippen LogP contribution is 2.33. The molecule has 0 unspecified atom stereocenters. The van der Waals surface area contributed by atoms with E-state index in [1.807, 2.05) is 13.8 Å². The number of nitrogens with one attached hydrogen (secondary N) is 3. The van der Waals surface area contributed by atoms with E-state index in [2.05, 4.69) is 26.0 Å². The number of imidazole rings is 1. The predicted octanol–water partition coefficient (Wildman–Crippen LogP) is 3.51. The Bertz CT molecular complexity index is 1360. The minimum atomic E-state index is -4.57. The Morgan fingerprint density at radius 1 is 1.22 bits per heavy atom. The first-order valence-electron chi connectivity index (χ1n) is 12.0. The van der Waals surface area contributed by atoms with Crippen molar-refractivity contribution < 1.29 is 18.3 Å². The van der Waals surface area contributed by atoms with Crippen molar-refractivity contribution in [1.29, 1.82) is 0 Å². The van der Waals surface area contributed by atoms with Crippen molar-refractivity contribution >= 4 is 22.9 Å². The molecule has 5 rings (SSSR count). The quantitative estimate of drug-likeness (QED) is 0.307. The molecule has 4 N–H and O–H groups in total. The summed E-state index contributed by atoms with van der Waals surface area (Å²) in [4.78, 5) is 8.95. The maximum absolute atomic E-state index is 13.9. The van der Waals surface area contributed by atoms with Gasteiger partial charge in [-0.15, -0.1) is 0 Å². The van der Waals surface area contributed by atoms with E-state index in [4.69, 9.17) is 4.98 Å². The van der Waals surface area contributed by atoms with Crippen LogP contribution in [0.3, 0.4) is 0 Å². The van der Waals surface area contributed by atoms with Gasteiger partial charge in [0.05, 0.1) is 24.5 Å². The number of hydrogen-bond donors (Lipinski definition) is 4. The van der Waals surface area contributed by atoms with Crippen LogP contribution < -0.4 is 16.0 Å². The van der Waals surface area contributed by atoms with Crippen LogP contribution in [0.5, 0.6) is 0 Å². The number of aromatic nitrogens is 5. The lowest BCUT2D eigenvalue weighted by Gasteiger charge is -2.28. The number of rotatable bonds is 7. The normalized spacial score (nSPS) is 18.9. The highest BCUT2D eigenvalue weighted by Gasteiger charge is 2.38. The first-order chi connectivity index (χ1) is 17.2. The summed E-state index contributed by atoms with van der Waals surface area (Å²) in [5.41, 5.74) is 0.854. The summed E-state index contributed by atoms with van der Waals surface area (Å²) in [5.74, 6) is 1.27. The number of halogens is 3. The SMILES string of the molecule is CC(C)c1cnn2c(NCc3nc4ccccn4c3C(F)(F)F)cc(NC[C@H]3CCNC[C@@H]3O)nc12. The molecule has 9 nitrogen and oxygen atoms in total. The van der Waals surface area contributed by atoms with Gasteiger partial charge in [0.1, 0.15) is 17.3 Å². The molecule has 12 heteroatoms. The van der Waals surface area contributed by atoms with Crippen LogP contribution in [0.2, 0.25) is 0 Å². The second-order valence-corrected chi connectivity index (χ2v) is 9.41. The van der Waals surface area contributed by atoms with Crippen molar-refractivity contribution in [2.75, 3.05) is 30.3 Å². The van der Waals surface area contributed by atoms with E-state index in [1.165, 1.54) is 6.20 Å². The summed E-state index contributed by atoms with van der Waals surface area (Å²) >= 11 is 0. The molecule has 0 spiro atoms. The van der Waals surface area contributed by atoms with Gasteiger partial charge in [0.2, 0.25) is 0 Å². The van der Waals surface area contributed by atoms with Crippen molar-refractivity contribution in [2.45, 2.75) is 45.0 Å². The van der Waals surface area contributed by atoms with E-state index < -0.39 is 18.0 Å². The zero-order valence-electron chi connectivity index (χ0n) is 20.0. The van der Waals surface area contributed by atoms with Gasteiger partial charge in [-0.25, -0.2) is 9.97 Å². The Hall–Kier alpha value is -3.38. The number of hydrogen-bond acceptors (Lipinski definition) is 7. The first kappa shape index (κ1) is 24.3. The second-order valence-electron chi connectivity index (χ2n) is 9.41. The van der Waals surface area contributed by atoms with Gasteiger partial charge < -0.3 is 21.1 Å². The Morgan fingerprint density at radius 3 is 2.81 bits per heavy atom. The molecule has 2 atom stereocenters. The summed E-state index contributed by atoms with van der Waals surface area (Å²) in [6.07, 6.45) is -1.10. The molecule has 4 aromatic heterocycles. The van der Waals surface area contributed by atoms with Gasteiger partial charge in [0.25, 0.3) is 0 Å². The van der Waals surface area contributed by atoms with Crippen molar-refractivity contribution in [2.24, 2.45) is 5.92 Å². The van der Waals surface area contributed by atoms with Gasteiger partial charge >= 0.3 is 6.18 Å². The largest absolute Gasteiger partial charge is 0.433 e. The van der Waals surface area contributed by atoms with Gasteiger partial charge in [0.15, 0.2) is 11.3 Å². The van der Waals surface area contributed by atoms with Crippen LogP contribution in [0, 0.1) is 5.92 Å². The molecule has 0 amide bonds. The number of piperidine rings is 1. The average molecular weight is 503 g/mol. The van der Waals surface area contributed by atoms with Gasteiger partial charge in [-0.3, -0.25) is 4.40 Å². The third kappa shape index (κ3) is 4.70. The predicted molar refractivity (Wildman–Crippen MR) is 130 cm³/mol. The van der Waals surface area contributed by atoms with Crippen molar-refractivity contribution in [3.05, 3.63) is 53.6 Å². The fraction of sp³-hybridized carbons (Fsp3) is 0.458. The van der Waals surface area contributed by atoms with E-state index in [-0.39, 0.29) is 29.7 Å². The summed E-state index contributed by atoms with van der Waals surface area (Å²) < 4.78 is 44.4. The van der Waals surface area contributed by atoms with Gasteiger partial charge in [-0.05, 0) is 31.0 Å². The van der Waals surface area contributed by atoms with E-state index in [9.17, 15) is 18.3 Å². The fourth-order valence-corrected chi connectivity index (χ4v) is 4.62.